The van der Waals surface area contributed by atoms with Gasteiger partial charge in [0.05, 0.1) is 5.75 Å². The van der Waals surface area contributed by atoms with Crippen molar-refractivity contribution >= 4 is 17.7 Å². The highest BCUT2D eigenvalue weighted by molar-refractivity contribution is 8.00. The lowest BCUT2D eigenvalue weighted by molar-refractivity contribution is -0.118. The maximum Gasteiger partial charge on any atom is 0.244 e. The molecule has 0 radical (unpaired) electrons. The van der Waals surface area contributed by atoms with E-state index in [4.69, 9.17) is 5.84 Å². The summed E-state index contributed by atoms with van der Waals surface area (Å²) < 4.78 is 0. The monoisotopic (exact) mass is 212 g/mol. The second kappa shape index (κ2) is 8.59. The molecule has 0 heterocycles. The molecule has 0 atom stereocenters. The molecular formula is C10H16N2OS. The van der Waals surface area contributed by atoms with Gasteiger partial charge in [0.1, 0.15) is 0 Å². The Morgan fingerprint density at radius 3 is 2.43 bits per heavy atom. The number of thioether (sulfide) groups is 1. The van der Waals surface area contributed by atoms with Crippen molar-refractivity contribution in [1.82, 2.24) is 5.43 Å². The van der Waals surface area contributed by atoms with Crippen molar-refractivity contribution in [3.8, 4) is 0 Å². The molecule has 0 aromatic heterocycles. The standard InChI is InChI=1S/C8H10N2OS.C2H6/c9-10-8(11)6-12-7-4-2-1-3-5-7;1-2/h1-5H,6,9H2,(H,10,11);1-2H3. The van der Waals surface area contributed by atoms with Crippen molar-refractivity contribution in [3.63, 3.8) is 0 Å². The molecule has 0 aliphatic rings. The summed E-state index contributed by atoms with van der Waals surface area (Å²) in [5.41, 5.74) is 2.08. The van der Waals surface area contributed by atoms with Crippen LogP contribution in [0.2, 0.25) is 0 Å². The number of hydrazine groups is 1. The van der Waals surface area contributed by atoms with E-state index in [1.54, 1.807) is 0 Å². The predicted molar refractivity (Wildman–Crippen MR) is 60.8 cm³/mol. The van der Waals surface area contributed by atoms with Crippen LogP contribution in [0.5, 0.6) is 0 Å². The van der Waals surface area contributed by atoms with Gasteiger partial charge in [-0.25, -0.2) is 5.84 Å². The third kappa shape index (κ3) is 5.61. The number of hydrogen-bond donors (Lipinski definition) is 2. The van der Waals surface area contributed by atoms with E-state index in [0.29, 0.717) is 5.75 Å². The molecule has 0 unspecified atom stereocenters. The molecule has 0 saturated heterocycles. The number of hydrogen-bond acceptors (Lipinski definition) is 3. The summed E-state index contributed by atoms with van der Waals surface area (Å²) in [7, 11) is 0. The molecule has 0 fully saturated rings. The normalized spacial score (nSPS) is 8.50. The summed E-state index contributed by atoms with van der Waals surface area (Å²) in [6.45, 7) is 4.00. The van der Waals surface area contributed by atoms with Gasteiger partial charge in [0.15, 0.2) is 0 Å². The molecule has 0 aliphatic heterocycles. The van der Waals surface area contributed by atoms with Gasteiger partial charge in [-0.05, 0) is 12.1 Å². The van der Waals surface area contributed by atoms with Crippen molar-refractivity contribution in [2.45, 2.75) is 18.7 Å². The van der Waals surface area contributed by atoms with E-state index in [9.17, 15) is 4.79 Å². The SMILES string of the molecule is CC.NNC(=O)CSc1ccccc1. The summed E-state index contributed by atoms with van der Waals surface area (Å²) in [5, 5.41) is 0. The predicted octanol–water partition coefficient (Wildman–Crippen LogP) is 1.79. The number of benzene rings is 1. The molecule has 78 valence electrons. The lowest BCUT2D eigenvalue weighted by Gasteiger charge is -1.98. The summed E-state index contributed by atoms with van der Waals surface area (Å²) in [6.07, 6.45) is 0. The lowest BCUT2D eigenvalue weighted by Crippen LogP contribution is -2.31. The Bertz CT molecular complexity index is 252. The van der Waals surface area contributed by atoms with E-state index < -0.39 is 0 Å². The summed E-state index contributed by atoms with van der Waals surface area (Å²) in [5.74, 6) is 5.12. The first kappa shape index (κ1) is 13.0. The first-order valence-electron chi connectivity index (χ1n) is 4.50. The minimum Gasteiger partial charge on any atom is -0.294 e. The number of nitrogens with two attached hydrogens (primary N) is 1. The minimum atomic E-state index is -0.163. The maximum absolute atomic E-state index is 10.7. The number of carbonyl (C=O) groups excluding carboxylic acids is 1. The number of carbonyl (C=O) groups is 1. The molecule has 3 nitrogen and oxygen atoms in total. The van der Waals surface area contributed by atoms with Gasteiger partial charge in [-0.3, -0.25) is 10.2 Å². The fraction of sp³-hybridized carbons (Fsp3) is 0.300. The maximum atomic E-state index is 10.7. The van der Waals surface area contributed by atoms with Crippen LogP contribution in [0.15, 0.2) is 35.2 Å². The van der Waals surface area contributed by atoms with E-state index in [2.05, 4.69) is 5.43 Å². The van der Waals surface area contributed by atoms with Crippen molar-refractivity contribution in [1.29, 1.82) is 0 Å². The van der Waals surface area contributed by atoms with Crippen molar-refractivity contribution in [3.05, 3.63) is 30.3 Å². The van der Waals surface area contributed by atoms with Crippen molar-refractivity contribution in [2.75, 3.05) is 5.75 Å². The topological polar surface area (TPSA) is 55.1 Å². The van der Waals surface area contributed by atoms with E-state index in [1.165, 1.54) is 11.8 Å². The van der Waals surface area contributed by atoms with Crippen LogP contribution in [0.4, 0.5) is 0 Å². The van der Waals surface area contributed by atoms with Gasteiger partial charge < -0.3 is 0 Å². The Hall–Kier alpha value is -1.00. The number of nitrogens with one attached hydrogen (secondary N) is 1. The Kier molecular flexibility index (Phi) is 7.98. The molecular weight excluding hydrogens is 196 g/mol. The molecule has 0 saturated carbocycles. The minimum absolute atomic E-state index is 0.163. The molecule has 14 heavy (non-hydrogen) atoms. The van der Waals surface area contributed by atoms with Crippen LogP contribution in [-0.4, -0.2) is 11.7 Å². The Morgan fingerprint density at radius 1 is 1.36 bits per heavy atom. The molecule has 0 aliphatic carbocycles. The number of rotatable bonds is 3. The smallest absolute Gasteiger partial charge is 0.244 e. The van der Waals surface area contributed by atoms with Crippen LogP contribution < -0.4 is 11.3 Å². The Morgan fingerprint density at radius 2 is 1.93 bits per heavy atom. The van der Waals surface area contributed by atoms with Gasteiger partial charge in [0, 0.05) is 4.90 Å². The van der Waals surface area contributed by atoms with Crippen LogP contribution in [-0.2, 0) is 4.79 Å². The summed E-state index contributed by atoms with van der Waals surface area (Å²) in [4.78, 5) is 11.8. The highest BCUT2D eigenvalue weighted by Crippen LogP contribution is 2.15. The molecule has 1 rings (SSSR count). The first-order valence-corrected chi connectivity index (χ1v) is 5.49. The van der Waals surface area contributed by atoms with E-state index in [0.717, 1.165) is 4.90 Å². The Labute approximate surface area is 89.0 Å². The first-order chi connectivity index (χ1) is 6.83. The zero-order valence-electron chi connectivity index (χ0n) is 8.49. The van der Waals surface area contributed by atoms with Crippen LogP contribution in [0.25, 0.3) is 0 Å². The largest absolute Gasteiger partial charge is 0.294 e. The molecule has 3 N–H and O–H groups in total. The summed E-state index contributed by atoms with van der Waals surface area (Å²) >= 11 is 1.46. The van der Waals surface area contributed by atoms with Gasteiger partial charge in [-0.1, -0.05) is 32.0 Å². The van der Waals surface area contributed by atoms with Crippen LogP contribution in [0.1, 0.15) is 13.8 Å². The quantitative estimate of drug-likeness (QED) is 0.347. The molecule has 1 aromatic rings. The molecule has 4 heteroatoms. The van der Waals surface area contributed by atoms with Gasteiger partial charge in [-0.2, -0.15) is 0 Å². The molecule has 0 spiro atoms. The number of amides is 1. The second-order valence-corrected chi connectivity index (χ2v) is 3.22. The average molecular weight is 212 g/mol. The third-order valence-electron chi connectivity index (χ3n) is 1.27. The fourth-order valence-corrected chi connectivity index (χ4v) is 1.44. The zero-order chi connectivity index (χ0) is 10.8. The van der Waals surface area contributed by atoms with E-state index in [-0.39, 0.29) is 5.91 Å². The molecule has 0 bridgehead atoms. The van der Waals surface area contributed by atoms with Crippen molar-refractivity contribution in [2.24, 2.45) is 5.84 Å². The van der Waals surface area contributed by atoms with Crippen LogP contribution in [0, 0.1) is 0 Å². The second-order valence-electron chi connectivity index (χ2n) is 2.17. The third-order valence-corrected chi connectivity index (χ3v) is 2.29. The average Bonchev–Trinajstić information content (AvgIpc) is 2.30. The van der Waals surface area contributed by atoms with Crippen LogP contribution in [0.3, 0.4) is 0 Å². The molecule has 1 amide bonds. The highest BCUT2D eigenvalue weighted by Gasteiger charge is 1.98. The summed E-state index contributed by atoms with van der Waals surface area (Å²) in [6, 6.07) is 9.71. The van der Waals surface area contributed by atoms with Gasteiger partial charge in [0.2, 0.25) is 5.91 Å². The zero-order valence-corrected chi connectivity index (χ0v) is 9.30. The van der Waals surface area contributed by atoms with Gasteiger partial charge in [0.25, 0.3) is 0 Å². The van der Waals surface area contributed by atoms with Crippen molar-refractivity contribution < 1.29 is 4.79 Å². The van der Waals surface area contributed by atoms with Gasteiger partial charge in [-0.15, -0.1) is 11.8 Å². The van der Waals surface area contributed by atoms with Gasteiger partial charge >= 0.3 is 0 Å². The van der Waals surface area contributed by atoms with E-state index >= 15 is 0 Å². The van der Waals surface area contributed by atoms with E-state index in [1.807, 2.05) is 44.2 Å². The molecule has 1 aromatic carbocycles. The highest BCUT2D eigenvalue weighted by atomic mass is 32.2. The lowest BCUT2D eigenvalue weighted by atomic mass is 10.4. The Balaban J connectivity index is 0.000000791. The fourth-order valence-electron chi connectivity index (χ4n) is 0.707. The van der Waals surface area contributed by atoms with Crippen LogP contribution >= 0.6 is 11.8 Å².